The molecule has 4 rings (SSSR count). The molecule has 3 aromatic rings. The monoisotopic (exact) mass is 337 g/mol. The third-order valence-electron chi connectivity index (χ3n) is 3.75. The molecule has 0 atom stereocenters. The molecule has 1 aliphatic heterocycles. The van der Waals surface area contributed by atoms with Gasteiger partial charge in [-0.05, 0) is 44.2 Å². The number of benzene rings is 2. The number of nitrogens with zero attached hydrogens (tertiary/aromatic N) is 2. The quantitative estimate of drug-likeness (QED) is 0.789. The van der Waals surface area contributed by atoms with Gasteiger partial charge in [0.1, 0.15) is 0 Å². The van der Waals surface area contributed by atoms with Gasteiger partial charge in [0, 0.05) is 11.1 Å². The lowest BCUT2D eigenvalue weighted by Gasteiger charge is -2.02. The van der Waals surface area contributed by atoms with Crippen LogP contribution in [-0.2, 0) is 0 Å². The second kappa shape index (κ2) is 5.94. The van der Waals surface area contributed by atoms with Crippen LogP contribution in [0.25, 0.3) is 11.5 Å². The molecule has 2 heterocycles. The summed E-state index contributed by atoms with van der Waals surface area (Å²) in [6.45, 7) is 4.15. The van der Waals surface area contributed by atoms with Crippen molar-refractivity contribution in [3.8, 4) is 23.0 Å². The Hall–Kier alpha value is -3.35. The lowest BCUT2D eigenvalue weighted by molar-refractivity contribution is 0.102. The summed E-state index contributed by atoms with van der Waals surface area (Å²) in [7, 11) is 0. The van der Waals surface area contributed by atoms with E-state index in [0.29, 0.717) is 23.0 Å². The summed E-state index contributed by atoms with van der Waals surface area (Å²) in [5.41, 5.74) is 3.42. The van der Waals surface area contributed by atoms with Crippen molar-refractivity contribution < 1.29 is 18.7 Å². The smallest absolute Gasteiger partial charge is 0.322 e. The maximum Gasteiger partial charge on any atom is 0.322 e. The average molecular weight is 337 g/mol. The highest BCUT2D eigenvalue weighted by atomic mass is 16.7. The third-order valence-corrected chi connectivity index (χ3v) is 3.75. The van der Waals surface area contributed by atoms with E-state index in [4.69, 9.17) is 13.9 Å². The highest BCUT2D eigenvalue weighted by Gasteiger charge is 2.18. The molecule has 1 amide bonds. The molecular formula is C18H15N3O4. The molecule has 1 aromatic heterocycles. The van der Waals surface area contributed by atoms with E-state index in [-0.39, 0.29) is 18.7 Å². The summed E-state index contributed by atoms with van der Waals surface area (Å²) in [6, 6.07) is 10.9. The number of carbonyl (C=O) groups excluding carboxylic acids is 1. The molecule has 0 aliphatic carbocycles. The zero-order valence-electron chi connectivity index (χ0n) is 13.7. The van der Waals surface area contributed by atoms with Crippen molar-refractivity contribution in [2.45, 2.75) is 13.8 Å². The van der Waals surface area contributed by atoms with Crippen molar-refractivity contribution >= 4 is 11.9 Å². The van der Waals surface area contributed by atoms with Gasteiger partial charge >= 0.3 is 6.01 Å². The molecule has 0 spiro atoms. The largest absolute Gasteiger partial charge is 0.454 e. The number of amides is 1. The molecular weight excluding hydrogens is 322 g/mol. The summed E-state index contributed by atoms with van der Waals surface area (Å²) < 4.78 is 16.1. The van der Waals surface area contributed by atoms with E-state index in [9.17, 15) is 4.79 Å². The normalized spacial score (nSPS) is 12.2. The Morgan fingerprint density at radius 1 is 1.00 bits per heavy atom. The van der Waals surface area contributed by atoms with Gasteiger partial charge in [-0.15, -0.1) is 5.10 Å². The number of hydrogen-bond donors (Lipinski definition) is 1. The van der Waals surface area contributed by atoms with Crippen LogP contribution in [0.2, 0.25) is 0 Å². The number of aromatic nitrogens is 2. The van der Waals surface area contributed by atoms with E-state index >= 15 is 0 Å². The summed E-state index contributed by atoms with van der Waals surface area (Å²) in [5.74, 6) is 1.14. The van der Waals surface area contributed by atoms with Crippen LogP contribution in [0, 0.1) is 13.8 Å². The predicted octanol–water partition coefficient (Wildman–Crippen LogP) is 3.33. The fourth-order valence-corrected chi connectivity index (χ4v) is 2.70. The molecule has 1 aliphatic rings. The van der Waals surface area contributed by atoms with Gasteiger partial charge in [0.25, 0.3) is 5.91 Å². The zero-order chi connectivity index (χ0) is 17.4. The number of nitrogens with one attached hydrogen (secondary N) is 1. The molecule has 0 fully saturated rings. The van der Waals surface area contributed by atoms with E-state index in [2.05, 4.69) is 21.6 Å². The maximum absolute atomic E-state index is 12.3. The number of hydrogen-bond acceptors (Lipinski definition) is 6. The molecule has 0 saturated heterocycles. The van der Waals surface area contributed by atoms with Gasteiger partial charge in [0.15, 0.2) is 11.5 Å². The van der Waals surface area contributed by atoms with Crippen molar-refractivity contribution in [2.75, 3.05) is 12.1 Å². The molecule has 0 unspecified atom stereocenters. The molecule has 0 radical (unpaired) electrons. The van der Waals surface area contributed by atoms with Crippen molar-refractivity contribution in [2.24, 2.45) is 0 Å². The SMILES string of the molecule is Cc1cc(C)cc(-c2nnc(NC(=O)c3ccc4c(c3)OCO4)o2)c1. The second-order valence-corrected chi connectivity index (χ2v) is 5.81. The van der Waals surface area contributed by atoms with Gasteiger partial charge in [-0.1, -0.05) is 22.3 Å². The van der Waals surface area contributed by atoms with Gasteiger partial charge in [0.2, 0.25) is 12.7 Å². The standard InChI is InChI=1S/C18H15N3O4/c1-10-5-11(2)7-13(6-10)17-20-21-18(25-17)19-16(22)12-3-4-14-15(8-12)24-9-23-14/h3-8H,9H2,1-2H3,(H,19,21,22). The van der Waals surface area contributed by atoms with Gasteiger partial charge in [-0.25, -0.2) is 0 Å². The number of anilines is 1. The highest BCUT2D eigenvalue weighted by Crippen LogP contribution is 2.32. The Labute approximate surface area is 143 Å². The van der Waals surface area contributed by atoms with Gasteiger partial charge in [0.05, 0.1) is 0 Å². The summed E-state index contributed by atoms with van der Waals surface area (Å²) in [6.07, 6.45) is 0. The summed E-state index contributed by atoms with van der Waals surface area (Å²) >= 11 is 0. The number of aryl methyl sites for hydroxylation is 2. The van der Waals surface area contributed by atoms with Crippen molar-refractivity contribution in [1.82, 2.24) is 10.2 Å². The van der Waals surface area contributed by atoms with E-state index in [1.807, 2.05) is 26.0 Å². The first kappa shape index (κ1) is 15.2. The molecule has 1 N–H and O–H groups in total. The van der Waals surface area contributed by atoms with E-state index < -0.39 is 0 Å². The first-order valence-electron chi connectivity index (χ1n) is 7.72. The minimum Gasteiger partial charge on any atom is -0.454 e. The highest BCUT2D eigenvalue weighted by molar-refractivity contribution is 6.03. The number of rotatable bonds is 3. The molecule has 126 valence electrons. The Bertz CT molecular complexity index is 944. The fraction of sp³-hybridized carbons (Fsp3) is 0.167. The molecule has 0 saturated carbocycles. The lowest BCUT2D eigenvalue weighted by atomic mass is 10.1. The van der Waals surface area contributed by atoms with Crippen LogP contribution in [0.5, 0.6) is 11.5 Å². The Morgan fingerprint density at radius 3 is 2.56 bits per heavy atom. The Balaban J connectivity index is 1.53. The molecule has 7 heteroatoms. The first-order valence-corrected chi connectivity index (χ1v) is 7.72. The van der Waals surface area contributed by atoms with E-state index in [1.54, 1.807) is 18.2 Å². The topological polar surface area (TPSA) is 86.5 Å². The predicted molar refractivity (Wildman–Crippen MR) is 89.7 cm³/mol. The lowest BCUT2D eigenvalue weighted by Crippen LogP contribution is -2.12. The minimum atomic E-state index is -0.367. The first-order chi connectivity index (χ1) is 12.1. The molecule has 7 nitrogen and oxygen atoms in total. The second-order valence-electron chi connectivity index (χ2n) is 5.81. The van der Waals surface area contributed by atoms with Gasteiger partial charge < -0.3 is 13.9 Å². The van der Waals surface area contributed by atoms with Crippen molar-refractivity contribution in [3.63, 3.8) is 0 Å². The van der Waals surface area contributed by atoms with Crippen molar-refractivity contribution in [3.05, 3.63) is 53.1 Å². The summed E-state index contributed by atoms with van der Waals surface area (Å²) in [4.78, 5) is 12.3. The van der Waals surface area contributed by atoms with Crippen molar-refractivity contribution in [1.29, 1.82) is 0 Å². The van der Waals surface area contributed by atoms with Gasteiger partial charge in [-0.3, -0.25) is 10.1 Å². The Kier molecular flexibility index (Phi) is 3.61. The van der Waals surface area contributed by atoms with Crippen LogP contribution in [0.4, 0.5) is 6.01 Å². The van der Waals surface area contributed by atoms with Crippen LogP contribution in [0.1, 0.15) is 21.5 Å². The average Bonchev–Trinajstić information content (AvgIpc) is 3.22. The number of carbonyl (C=O) groups is 1. The molecule has 2 aromatic carbocycles. The van der Waals surface area contributed by atoms with E-state index in [0.717, 1.165) is 16.7 Å². The molecule has 0 bridgehead atoms. The number of fused-ring (bicyclic) bond motifs is 1. The van der Waals surface area contributed by atoms with Crippen LogP contribution in [0.3, 0.4) is 0 Å². The van der Waals surface area contributed by atoms with E-state index in [1.165, 1.54) is 0 Å². The summed E-state index contributed by atoms with van der Waals surface area (Å²) in [5, 5.41) is 10.5. The van der Waals surface area contributed by atoms with Gasteiger partial charge in [-0.2, -0.15) is 0 Å². The minimum absolute atomic E-state index is 0.0387. The van der Waals surface area contributed by atoms with Crippen LogP contribution in [0.15, 0.2) is 40.8 Å². The Morgan fingerprint density at radius 2 is 1.76 bits per heavy atom. The van der Waals surface area contributed by atoms with Crippen LogP contribution < -0.4 is 14.8 Å². The molecule has 25 heavy (non-hydrogen) atoms. The third kappa shape index (κ3) is 3.03. The zero-order valence-corrected chi connectivity index (χ0v) is 13.7. The van der Waals surface area contributed by atoms with Crippen LogP contribution >= 0.6 is 0 Å². The maximum atomic E-state index is 12.3. The number of ether oxygens (including phenoxy) is 2. The fourth-order valence-electron chi connectivity index (χ4n) is 2.70. The van der Waals surface area contributed by atoms with Crippen LogP contribution in [-0.4, -0.2) is 22.9 Å².